The molecule has 0 radical (unpaired) electrons. The molecule has 5 heteroatoms. The van der Waals surface area contributed by atoms with E-state index in [1.54, 1.807) is 19.1 Å². The predicted octanol–water partition coefficient (Wildman–Crippen LogP) is 2.93. The Kier molecular flexibility index (Phi) is 4.37. The highest BCUT2D eigenvalue weighted by molar-refractivity contribution is 5.75. The highest BCUT2D eigenvalue weighted by Gasteiger charge is 2.25. The van der Waals surface area contributed by atoms with Gasteiger partial charge in [-0.3, -0.25) is 0 Å². The quantitative estimate of drug-likeness (QED) is 0.944. The van der Waals surface area contributed by atoms with Crippen LogP contribution >= 0.6 is 0 Å². The summed E-state index contributed by atoms with van der Waals surface area (Å²) < 4.78 is 10.6. The van der Waals surface area contributed by atoms with Gasteiger partial charge in [0, 0.05) is 18.7 Å². The molecule has 0 fully saturated rings. The molecule has 0 aromatic heterocycles. The van der Waals surface area contributed by atoms with Gasteiger partial charge < -0.3 is 19.7 Å². The lowest BCUT2D eigenvalue weighted by Crippen LogP contribution is -2.36. The maximum Gasteiger partial charge on any atom is 0.318 e. The first-order valence-corrected chi connectivity index (χ1v) is 7.51. The molecule has 0 bridgehead atoms. The van der Waals surface area contributed by atoms with Crippen molar-refractivity contribution in [1.29, 1.82) is 0 Å². The number of hydrogen-bond acceptors (Lipinski definition) is 3. The Morgan fingerprint density at radius 1 is 1.13 bits per heavy atom. The highest BCUT2D eigenvalue weighted by atomic mass is 16.5. The Balaban J connectivity index is 1.62. The number of urea groups is 1. The van der Waals surface area contributed by atoms with Gasteiger partial charge in [0.2, 0.25) is 0 Å². The van der Waals surface area contributed by atoms with Crippen LogP contribution in [0, 0.1) is 0 Å². The van der Waals surface area contributed by atoms with Crippen LogP contribution in [0.2, 0.25) is 0 Å². The summed E-state index contributed by atoms with van der Waals surface area (Å²) >= 11 is 0. The van der Waals surface area contributed by atoms with Crippen molar-refractivity contribution in [3.8, 4) is 11.5 Å². The molecule has 2 aromatic carbocycles. The van der Waals surface area contributed by atoms with Crippen molar-refractivity contribution in [3.63, 3.8) is 0 Å². The van der Waals surface area contributed by atoms with Gasteiger partial charge in [0.15, 0.2) is 0 Å². The number of fused-ring (bicyclic) bond motifs is 1. The fraction of sp³-hybridized carbons (Fsp3) is 0.278. The third-order valence-corrected chi connectivity index (χ3v) is 4.03. The minimum Gasteiger partial charge on any atom is -0.497 e. The molecule has 0 spiro atoms. The van der Waals surface area contributed by atoms with E-state index in [0.717, 1.165) is 28.2 Å². The second-order valence-corrected chi connectivity index (χ2v) is 5.46. The highest BCUT2D eigenvalue weighted by Crippen LogP contribution is 2.30. The Morgan fingerprint density at radius 3 is 2.74 bits per heavy atom. The maximum atomic E-state index is 12.4. The lowest BCUT2D eigenvalue weighted by molar-refractivity contribution is 0.197. The van der Waals surface area contributed by atoms with Gasteiger partial charge in [-0.15, -0.1) is 0 Å². The summed E-state index contributed by atoms with van der Waals surface area (Å²) in [6.45, 7) is 1.65. The van der Waals surface area contributed by atoms with E-state index in [4.69, 9.17) is 9.47 Å². The van der Waals surface area contributed by atoms with Crippen LogP contribution in [-0.4, -0.2) is 25.2 Å². The lowest BCUT2D eigenvalue weighted by Gasteiger charge is -2.16. The van der Waals surface area contributed by atoms with Crippen molar-refractivity contribution in [2.24, 2.45) is 0 Å². The van der Waals surface area contributed by atoms with E-state index < -0.39 is 0 Å². The van der Waals surface area contributed by atoms with Crippen molar-refractivity contribution in [2.45, 2.75) is 19.6 Å². The van der Waals surface area contributed by atoms with Crippen LogP contribution in [0.1, 0.15) is 16.7 Å². The Bertz CT molecular complexity index is 715. The van der Waals surface area contributed by atoms with Crippen LogP contribution in [0.4, 0.5) is 4.79 Å². The van der Waals surface area contributed by atoms with Gasteiger partial charge in [0.05, 0.1) is 20.8 Å². The summed E-state index contributed by atoms with van der Waals surface area (Å²) in [4.78, 5) is 14.2. The number of carbonyl (C=O) groups is 1. The molecule has 0 unspecified atom stereocenters. The summed E-state index contributed by atoms with van der Waals surface area (Å²) in [6, 6.07) is 13.5. The van der Waals surface area contributed by atoms with E-state index in [9.17, 15) is 4.79 Å². The molecule has 0 saturated heterocycles. The molecule has 120 valence electrons. The van der Waals surface area contributed by atoms with Crippen LogP contribution < -0.4 is 14.8 Å². The van der Waals surface area contributed by atoms with Gasteiger partial charge in [-0.2, -0.15) is 0 Å². The zero-order valence-corrected chi connectivity index (χ0v) is 13.3. The zero-order chi connectivity index (χ0) is 16.2. The minimum absolute atomic E-state index is 0.0777. The number of benzene rings is 2. The largest absolute Gasteiger partial charge is 0.497 e. The van der Waals surface area contributed by atoms with Gasteiger partial charge in [-0.1, -0.05) is 24.3 Å². The van der Waals surface area contributed by atoms with E-state index in [1.807, 2.05) is 42.5 Å². The summed E-state index contributed by atoms with van der Waals surface area (Å²) in [7, 11) is 3.29. The number of carbonyl (C=O) groups excluding carboxylic acids is 1. The molecule has 1 aliphatic rings. The number of nitrogens with one attached hydrogen (secondary N) is 1. The molecule has 2 aromatic rings. The fourth-order valence-electron chi connectivity index (χ4n) is 2.80. The minimum atomic E-state index is -0.0777. The smallest absolute Gasteiger partial charge is 0.318 e. The molecule has 1 N–H and O–H groups in total. The van der Waals surface area contributed by atoms with Crippen LogP contribution in [0.25, 0.3) is 0 Å². The third-order valence-electron chi connectivity index (χ3n) is 4.03. The SMILES string of the molecule is COc1cccc(CNC(=O)N2Cc3cccc(OC)c3C2)c1. The molecule has 3 rings (SSSR count). The van der Waals surface area contributed by atoms with Crippen LogP contribution in [0.3, 0.4) is 0 Å². The number of ether oxygens (including phenoxy) is 2. The van der Waals surface area contributed by atoms with Crippen molar-refractivity contribution >= 4 is 6.03 Å². The van der Waals surface area contributed by atoms with E-state index >= 15 is 0 Å². The summed E-state index contributed by atoms with van der Waals surface area (Å²) in [6.07, 6.45) is 0. The van der Waals surface area contributed by atoms with Gasteiger partial charge in [-0.25, -0.2) is 4.79 Å². The first-order chi connectivity index (χ1) is 11.2. The molecular formula is C18H20N2O3. The maximum absolute atomic E-state index is 12.4. The van der Waals surface area contributed by atoms with Crippen molar-refractivity contribution in [3.05, 3.63) is 59.2 Å². The molecule has 0 saturated carbocycles. The Morgan fingerprint density at radius 2 is 1.96 bits per heavy atom. The molecule has 23 heavy (non-hydrogen) atoms. The molecule has 5 nitrogen and oxygen atoms in total. The first-order valence-electron chi connectivity index (χ1n) is 7.51. The topological polar surface area (TPSA) is 50.8 Å². The Labute approximate surface area is 135 Å². The lowest BCUT2D eigenvalue weighted by atomic mass is 10.1. The number of rotatable bonds is 4. The van der Waals surface area contributed by atoms with Crippen LogP contribution in [0.5, 0.6) is 11.5 Å². The number of hydrogen-bond donors (Lipinski definition) is 1. The average Bonchev–Trinajstić information content (AvgIpc) is 3.04. The molecular weight excluding hydrogens is 292 g/mol. The van der Waals surface area contributed by atoms with Crippen LogP contribution in [0.15, 0.2) is 42.5 Å². The van der Waals surface area contributed by atoms with Crippen molar-refractivity contribution < 1.29 is 14.3 Å². The first kappa shape index (κ1) is 15.2. The normalized spacial score (nSPS) is 12.7. The van der Waals surface area contributed by atoms with Crippen LogP contribution in [-0.2, 0) is 19.6 Å². The van der Waals surface area contributed by atoms with Crippen molar-refractivity contribution in [1.82, 2.24) is 10.2 Å². The summed E-state index contributed by atoms with van der Waals surface area (Å²) in [5, 5.41) is 2.96. The van der Waals surface area contributed by atoms with Gasteiger partial charge in [0.1, 0.15) is 11.5 Å². The number of nitrogens with zero attached hydrogens (tertiary/aromatic N) is 1. The second-order valence-electron chi connectivity index (χ2n) is 5.46. The number of methoxy groups -OCH3 is 2. The molecule has 0 atom stereocenters. The third kappa shape index (κ3) is 3.23. The number of amides is 2. The van der Waals surface area contributed by atoms with E-state index in [0.29, 0.717) is 19.6 Å². The van der Waals surface area contributed by atoms with E-state index in [-0.39, 0.29) is 6.03 Å². The van der Waals surface area contributed by atoms with Crippen molar-refractivity contribution in [2.75, 3.05) is 14.2 Å². The van der Waals surface area contributed by atoms with Gasteiger partial charge >= 0.3 is 6.03 Å². The molecule has 1 aliphatic heterocycles. The second kappa shape index (κ2) is 6.60. The molecule has 2 amide bonds. The average molecular weight is 312 g/mol. The van der Waals surface area contributed by atoms with Gasteiger partial charge in [0.25, 0.3) is 0 Å². The predicted molar refractivity (Wildman–Crippen MR) is 87.5 cm³/mol. The fourth-order valence-corrected chi connectivity index (χ4v) is 2.80. The molecule has 0 aliphatic carbocycles. The van der Waals surface area contributed by atoms with E-state index in [1.165, 1.54) is 0 Å². The standard InChI is InChI=1S/C18H20N2O3/c1-22-15-7-3-5-13(9-15)10-19-18(21)20-11-14-6-4-8-17(23-2)16(14)12-20/h3-9H,10-12H2,1-2H3,(H,19,21). The summed E-state index contributed by atoms with van der Waals surface area (Å²) in [5.41, 5.74) is 3.24. The molecule has 1 heterocycles. The zero-order valence-electron chi connectivity index (χ0n) is 13.3. The van der Waals surface area contributed by atoms with Gasteiger partial charge in [-0.05, 0) is 29.3 Å². The summed E-state index contributed by atoms with van der Waals surface area (Å²) in [5.74, 6) is 1.63. The monoisotopic (exact) mass is 312 g/mol. The Hall–Kier alpha value is -2.69. The van der Waals surface area contributed by atoms with E-state index in [2.05, 4.69) is 5.32 Å².